The van der Waals surface area contributed by atoms with E-state index in [1.165, 1.54) is 5.56 Å². The quantitative estimate of drug-likeness (QED) is 0.106. The summed E-state index contributed by atoms with van der Waals surface area (Å²) < 4.78 is 0. The van der Waals surface area contributed by atoms with Crippen molar-refractivity contribution in [2.45, 2.75) is 22.6 Å². The van der Waals surface area contributed by atoms with Gasteiger partial charge in [-0.3, -0.25) is 0 Å². The Morgan fingerprint density at radius 3 is 2.17 bits per heavy atom. The molecule has 0 aliphatic carbocycles. The van der Waals surface area contributed by atoms with Gasteiger partial charge in [0.15, 0.2) is 0 Å². The third-order valence-corrected chi connectivity index (χ3v) is 8.43. The van der Waals surface area contributed by atoms with E-state index in [2.05, 4.69) is 104 Å². The Morgan fingerprint density at radius 2 is 1.45 bits per heavy atom. The van der Waals surface area contributed by atoms with Crippen molar-refractivity contribution >= 4 is 28.2 Å². The van der Waals surface area contributed by atoms with E-state index in [1.807, 2.05) is 36.4 Å². The molecule has 5 aromatic rings. The van der Waals surface area contributed by atoms with Crippen LogP contribution in [-0.4, -0.2) is 0 Å². The molecule has 198 valence electrons. The Kier molecular flexibility index (Phi) is 8.65. The highest BCUT2D eigenvalue weighted by Gasteiger charge is 2.24. The molecule has 0 heterocycles. The van der Waals surface area contributed by atoms with Crippen molar-refractivity contribution in [3.63, 3.8) is 0 Å². The molecule has 3 heteroatoms. The summed E-state index contributed by atoms with van der Waals surface area (Å²) in [4.78, 5) is 1.11. The summed E-state index contributed by atoms with van der Waals surface area (Å²) in [5.74, 6) is 0.844. The van der Waals surface area contributed by atoms with E-state index >= 15 is 0 Å². The van der Waals surface area contributed by atoms with Gasteiger partial charge in [0, 0.05) is 28.0 Å². The fraction of sp³-hybridized carbons (Fsp3) is 0.0811. The lowest BCUT2D eigenvalue weighted by Crippen LogP contribution is -2.21. The minimum atomic E-state index is -0.258. The van der Waals surface area contributed by atoms with Gasteiger partial charge in [-0.05, 0) is 57.0 Å². The molecule has 0 bridgehead atoms. The Labute approximate surface area is 241 Å². The number of nitrogens with two attached hydrogens (primary N) is 2. The molecule has 40 heavy (non-hydrogen) atoms. The van der Waals surface area contributed by atoms with Gasteiger partial charge in [-0.15, -0.1) is 11.8 Å². The van der Waals surface area contributed by atoms with Crippen LogP contribution in [0.2, 0.25) is 0 Å². The summed E-state index contributed by atoms with van der Waals surface area (Å²) in [6.07, 6.45) is 5.67. The molecule has 4 N–H and O–H groups in total. The molecule has 0 radical (unpaired) electrons. The maximum atomic E-state index is 6.98. The molecule has 0 amide bonds. The molecule has 2 nitrogen and oxygen atoms in total. The molecule has 2 unspecified atom stereocenters. The van der Waals surface area contributed by atoms with Gasteiger partial charge in [-0.1, -0.05) is 128 Å². The Morgan fingerprint density at radius 1 is 0.750 bits per heavy atom. The third kappa shape index (κ3) is 5.96. The number of thioether (sulfide) groups is 1. The van der Waals surface area contributed by atoms with Gasteiger partial charge >= 0.3 is 0 Å². The summed E-state index contributed by atoms with van der Waals surface area (Å²) in [5, 5.41) is 2.20. The number of allylic oxidation sites excluding steroid dienone is 3. The summed E-state index contributed by atoms with van der Waals surface area (Å²) >= 11 is 1.77. The third-order valence-electron chi connectivity index (χ3n) is 7.29. The second-order valence-electron chi connectivity index (χ2n) is 9.83. The molecular weight excluding hydrogens is 504 g/mol. The van der Waals surface area contributed by atoms with Crippen LogP contribution in [0, 0.1) is 0 Å². The number of anilines is 1. The Hall–Kier alpha value is -4.31. The topological polar surface area (TPSA) is 52.0 Å². The molecule has 5 aromatic carbocycles. The monoisotopic (exact) mass is 538 g/mol. The van der Waals surface area contributed by atoms with Gasteiger partial charge in [-0.25, -0.2) is 0 Å². The Balaban J connectivity index is 1.44. The van der Waals surface area contributed by atoms with E-state index in [0.29, 0.717) is 0 Å². The number of benzene rings is 5. The van der Waals surface area contributed by atoms with Gasteiger partial charge in [0.25, 0.3) is 0 Å². The SMILES string of the molecule is C=C/C=C(\C=C)C(c1ccccc1)C(N)c1cccc(-c2ccc3c(N)c(SCc4ccccc4)ccc3c2)c1. The molecule has 0 spiro atoms. The summed E-state index contributed by atoms with van der Waals surface area (Å²) in [6, 6.07) is 39.9. The van der Waals surface area contributed by atoms with E-state index < -0.39 is 0 Å². The summed E-state index contributed by atoms with van der Waals surface area (Å²) in [5.41, 5.74) is 21.2. The van der Waals surface area contributed by atoms with Crippen LogP contribution in [0.4, 0.5) is 5.69 Å². The van der Waals surface area contributed by atoms with Crippen molar-refractivity contribution in [1.29, 1.82) is 0 Å². The van der Waals surface area contributed by atoms with Gasteiger partial charge in [0.1, 0.15) is 0 Å². The van der Waals surface area contributed by atoms with Crippen molar-refractivity contribution < 1.29 is 0 Å². The zero-order valence-electron chi connectivity index (χ0n) is 22.5. The predicted octanol–water partition coefficient (Wildman–Crippen LogP) is 9.46. The van der Waals surface area contributed by atoms with Crippen LogP contribution in [0.3, 0.4) is 0 Å². The fourth-order valence-electron chi connectivity index (χ4n) is 5.19. The van der Waals surface area contributed by atoms with Gasteiger partial charge < -0.3 is 11.5 Å². The van der Waals surface area contributed by atoms with Crippen LogP contribution in [0.25, 0.3) is 21.9 Å². The highest BCUT2D eigenvalue weighted by molar-refractivity contribution is 7.98. The normalized spacial score (nSPS) is 13.1. The highest BCUT2D eigenvalue weighted by atomic mass is 32.2. The molecular formula is C37H34N2S. The zero-order chi connectivity index (χ0) is 27.9. The molecule has 0 saturated heterocycles. The van der Waals surface area contributed by atoms with E-state index in [0.717, 1.165) is 54.9 Å². The van der Waals surface area contributed by atoms with E-state index in [9.17, 15) is 0 Å². The smallest absolute Gasteiger partial charge is 0.0532 e. The number of nitrogen functional groups attached to an aromatic ring is 1. The maximum Gasteiger partial charge on any atom is 0.0532 e. The van der Waals surface area contributed by atoms with Crippen LogP contribution in [-0.2, 0) is 5.75 Å². The number of hydrogen-bond donors (Lipinski definition) is 2. The first-order chi connectivity index (χ1) is 19.6. The lowest BCUT2D eigenvalue weighted by atomic mass is 9.81. The zero-order valence-corrected chi connectivity index (χ0v) is 23.4. The van der Waals surface area contributed by atoms with E-state index in [4.69, 9.17) is 11.5 Å². The molecule has 0 aliphatic heterocycles. The average molecular weight is 539 g/mol. The van der Waals surface area contributed by atoms with Crippen molar-refractivity contribution in [3.05, 3.63) is 169 Å². The molecule has 0 aromatic heterocycles. The fourth-order valence-corrected chi connectivity index (χ4v) is 6.14. The van der Waals surface area contributed by atoms with Crippen LogP contribution < -0.4 is 11.5 Å². The number of rotatable bonds is 10. The van der Waals surface area contributed by atoms with Crippen LogP contribution in [0.1, 0.15) is 28.7 Å². The second kappa shape index (κ2) is 12.7. The molecule has 0 fully saturated rings. The summed E-state index contributed by atoms with van der Waals surface area (Å²) in [6.45, 7) is 7.95. The van der Waals surface area contributed by atoms with Crippen LogP contribution in [0.15, 0.2) is 157 Å². The van der Waals surface area contributed by atoms with E-state index in [-0.39, 0.29) is 12.0 Å². The lowest BCUT2D eigenvalue weighted by molar-refractivity contribution is 0.629. The predicted molar refractivity (Wildman–Crippen MR) is 174 cm³/mol. The van der Waals surface area contributed by atoms with Gasteiger partial charge in [-0.2, -0.15) is 0 Å². The highest BCUT2D eigenvalue weighted by Crippen LogP contribution is 2.38. The number of hydrogen-bond acceptors (Lipinski definition) is 3. The minimum absolute atomic E-state index is 0.0461. The van der Waals surface area contributed by atoms with Crippen molar-refractivity contribution in [2.75, 3.05) is 5.73 Å². The average Bonchev–Trinajstić information content (AvgIpc) is 3.01. The van der Waals surface area contributed by atoms with E-state index in [1.54, 1.807) is 17.8 Å². The second-order valence-corrected chi connectivity index (χ2v) is 10.9. The first-order valence-corrected chi connectivity index (χ1v) is 14.4. The minimum Gasteiger partial charge on any atom is -0.397 e. The van der Waals surface area contributed by atoms with Gasteiger partial charge in [0.2, 0.25) is 0 Å². The lowest BCUT2D eigenvalue weighted by Gasteiger charge is -2.26. The van der Waals surface area contributed by atoms with Crippen molar-refractivity contribution in [2.24, 2.45) is 5.73 Å². The number of fused-ring (bicyclic) bond motifs is 1. The van der Waals surface area contributed by atoms with Crippen LogP contribution >= 0.6 is 11.8 Å². The van der Waals surface area contributed by atoms with Crippen molar-refractivity contribution in [3.8, 4) is 11.1 Å². The molecule has 2 atom stereocenters. The maximum absolute atomic E-state index is 6.98. The van der Waals surface area contributed by atoms with Gasteiger partial charge in [0.05, 0.1) is 5.69 Å². The summed E-state index contributed by atoms with van der Waals surface area (Å²) in [7, 11) is 0. The molecule has 0 aliphatic rings. The van der Waals surface area contributed by atoms with Crippen molar-refractivity contribution in [1.82, 2.24) is 0 Å². The standard InChI is InChI=1S/C37H34N2S/c1-3-12-27(4-2)35(28-15-9-6-10-16-28)36(38)32-18-11-17-29(24-32)30-19-21-33-31(23-30)20-22-34(37(33)39)40-25-26-13-7-5-8-14-26/h3-24,35-36H,1-2,25,38-39H2/b27-12+. The Bertz CT molecular complexity index is 1650. The first-order valence-electron chi connectivity index (χ1n) is 13.4. The largest absolute Gasteiger partial charge is 0.397 e. The van der Waals surface area contributed by atoms with Crippen LogP contribution in [0.5, 0.6) is 0 Å². The first kappa shape index (κ1) is 27.3. The molecule has 0 saturated carbocycles. The molecule has 5 rings (SSSR count).